The predicted molar refractivity (Wildman–Crippen MR) is 89.3 cm³/mol. The Bertz CT molecular complexity index is 881. The Morgan fingerprint density at radius 1 is 1.44 bits per heavy atom. The Balaban J connectivity index is 1.56. The number of carbonyl (C=O) groups excluding carboxylic acids is 1. The summed E-state index contributed by atoms with van der Waals surface area (Å²) >= 11 is 0. The second-order valence-electron chi connectivity index (χ2n) is 6.73. The number of nitrogens with zero attached hydrogens (tertiary/aromatic N) is 4. The summed E-state index contributed by atoms with van der Waals surface area (Å²) in [7, 11) is 0. The molecular weight excluding hydrogens is 322 g/mol. The zero-order valence-electron chi connectivity index (χ0n) is 14.2. The van der Waals surface area contributed by atoms with E-state index in [0.29, 0.717) is 42.2 Å². The van der Waals surface area contributed by atoms with Crippen LogP contribution in [-0.4, -0.2) is 48.8 Å². The van der Waals surface area contributed by atoms with E-state index >= 15 is 0 Å². The number of amides is 1. The third kappa shape index (κ3) is 2.86. The number of H-pyrrole nitrogens is 1. The zero-order valence-corrected chi connectivity index (χ0v) is 14.2. The van der Waals surface area contributed by atoms with Crippen molar-refractivity contribution in [3.8, 4) is 0 Å². The van der Waals surface area contributed by atoms with Gasteiger partial charge in [-0.1, -0.05) is 0 Å². The van der Waals surface area contributed by atoms with Crippen molar-refractivity contribution < 1.29 is 9.90 Å². The summed E-state index contributed by atoms with van der Waals surface area (Å²) in [4.78, 5) is 35.6. The first-order valence-electron chi connectivity index (χ1n) is 8.62. The summed E-state index contributed by atoms with van der Waals surface area (Å²) in [6, 6.07) is 0. The molecular formula is C17H21N5O3. The molecule has 1 aliphatic carbocycles. The van der Waals surface area contributed by atoms with Crippen LogP contribution in [0.1, 0.15) is 51.9 Å². The molecule has 2 aliphatic rings. The molecule has 0 atom stereocenters. The van der Waals surface area contributed by atoms with Crippen LogP contribution in [0, 0.1) is 6.92 Å². The summed E-state index contributed by atoms with van der Waals surface area (Å²) in [5, 5.41) is 12.0. The number of nitrogens with one attached hydrogen (secondary N) is 1. The lowest BCUT2D eigenvalue weighted by Gasteiger charge is -2.26. The van der Waals surface area contributed by atoms with Crippen molar-refractivity contribution in [3.63, 3.8) is 0 Å². The van der Waals surface area contributed by atoms with Crippen molar-refractivity contribution in [2.24, 2.45) is 0 Å². The third-order valence-corrected chi connectivity index (χ3v) is 4.90. The zero-order chi connectivity index (χ0) is 17.6. The highest BCUT2D eigenvalue weighted by Gasteiger charge is 2.30. The molecule has 25 heavy (non-hydrogen) atoms. The molecule has 0 radical (unpaired) electrons. The van der Waals surface area contributed by atoms with Crippen LogP contribution in [0.2, 0.25) is 0 Å². The van der Waals surface area contributed by atoms with E-state index in [0.717, 1.165) is 24.4 Å². The first kappa shape index (κ1) is 16.0. The summed E-state index contributed by atoms with van der Waals surface area (Å²) < 4.78 is 1.40. The minimum atomic E-state index is -0.110. The molecule has 1 fully saturated rings. The lowest BCUT2D eigenvalue weighted by molar-refractivity contribution is 0.0730. The topological polar surface area (TPSA) is 104 Å². The van der Waals surface area contributed by atoms with Gasteiger partial charge in [-0.05, 0) is 26.2 Å². The normalized spacial score (nSPS) is 16.8. The minimum absolute atomic E-state index is 0.105. The molecule has 1 amide bonds. The van der Waals surface area contributed by atoms with Gasteiger partial charge in [0.1, 0.15) is 5.82 Å². The Kier molecular flexibility index (Phi) is 3.91. The molecule has 1 saturated carbocycles. The Hall–Kier alpha value is -2.48. The molecule has 132 valence electrons. The average molecular weight is 343 g/mol. The molecule has 0 unspecified atom stereocenters. The van der Waals surface area contributed by atoms with E-state index in [4.69, 9.17) is 5.11 Å². The second-order valence-corrected chi connectivity index (χ2v) is 6.73. The smallest absolute Gasteiger partial charge is 0.270 e. The van der Waals surface area contributed by atoms with Gasteiger partial charge in [0.25, 0.3) is 11.5 Å². The van der Waals surface area contributed by atoms with Crippen LogP contribution in [0.3, 0.4) is 0 Å². The molecule has 8 heteroatoms. The standard InChI is InChI=1S/C17H21N5O3/c1-10-13(8-18-15(19-10)11-2-3-11)16(24)21-5-4-12-14(9-21)20-22(6-7-23)17(12)25/h8,11,20,23H,2-7,9H2,1H3. The Morgan fingerprint density at radius 2 is 2.24 bits per heavy atom. The largest absolute Gasteiger partial charge is 0.394 e. The summed E-state index contributed by atoms with van der Waals surface area (Å²) in [6.07, 6.45) is 4.39. The van der Waals surface area contributed by atoms with E-state index in [1.807, 2.05) is 6.92 Å². The van der Waals surface area contributed by atoms with Crippen molar-refractivity contribution >= 4 is 5.91 Å². The van der Waals surface area contributed by atoms with Crippen molar-refractivity contribution in [2.45, 2.75) is 45.2 Å². The van der Waals surface area contributed by atoms with Crippen LogP contribution in [0.15, 0.2) is 11.0 Å². The van der Waals surface area contributed by atoms with Crippen molar-refractivity contribution in [1.82, 2.24) is 24.6 Å². The molecule has 2 aromatic rings. The monoisotopic (exact) mass is 343 g/mol. The third-order valence-electron chi connectivity index (χ3n) is 4.90. The number of carbonyl (C=O) groups is 1. The van der Waals surface area contributed by atoms with Crippen LogP contribution in [0.5, 0.6) is 0 Å². The van der Waals surface area contributed by atoms with E-state index in [1.165, 1.54) is 4.68 Å². The van der Waals surface area contributed by atoms with Crippen LogP contribution < -0.4 is 5.56 Å². The lowest BCUT2D eigenvalue weighted by Crippen LogP contribution is -2.37. The van der Waals surface area contributed by atoms with Crippen molar-refractivity contribution in [1.29, 1.82) is 0 Å². The van der Waals surface area contributed by atoms with E-state index in [-0.39, 0.29) is 24.6 Å². The van der Waals surface area contributed by atoms with Crippen LogP contribution in [-0.2, 0) is 19.5 Å². The van der Waals surface area contributed by atoms with E-state index in [2.05, 4.69) is 15.1 Å². The van der Waals surface area contributed by atoms with Gasteiger partial charge in [0.2, 0.25) is 0 Å². The average Bonchev–Trinajstić information content (AvgIpc) is 3.41. The number of hydrogen-bond acceptors (Lipinski definition) is 5. The number of rotatable bonds is 4. The first-order chi connectivity index (χ1) is 12.1. The van der Waals surface area contributed by atoms with Crippen LogP contribution >= 0.6 is 0 Å². The van der Waals surface area contributed by atoms with Crippen LogP contribution in [0.25, 0.3) is 0 Å². The second kappa shape index (κ2) is 6.11. The molecule has 0 aromatic carbocycles. The molecule has 3 heterocycles. The minimum Gasteiger partial charge on any atom is -0.394 e. The summed E-state index contributed by atoms with van der Waals surface area (Å²) in [6.45, 7) is 2.81. The van der Waals surface area contributed by atoms with E-state index in [1.54, 1.807) is 11.1 Å². The maximum Gasteiger partial charge on any atom is 0.270 e. The molecule has 1 aliphatic heterocycles. The quantitative estimate of drug-likeness (QED) is 0.833. The maximum absolute atomic E-state index is 12.9. The SMILES string of the molecule is Cc1nc(C2CC2)ncc1C(=O)N1CCc2c([nH]n(CCO)c2=O)C1. The van der Waals surface area contributed by atoms with Gasteiger partial charge in [-0.3, -0.25) is 19.4 Å². The molecule has 0 saturated heterocycles. The molecule has 2 N–H and O–H groups in total. The summed E-state index contributed by atoms with van der Waals surface area (Å²) in [5.41, 5.74) is 2.56. The highest BCUT2D eigenvalue weighted by atomic mass is 16.3. The maximum atomic E-state index is 12.9. The number of aryl methyl sites for hydroxylation is 1. The molecule has 0 spiro atoms. The van der Waals surface area contributed by atoms with Gasteiger partial charge in [-0.15, -0.1) is 0 Å². The number of hydrogen-bond donors (Lipinski definition) is 2. The number of aromatic amines is 1. The van der Waals surface area contributed by atoms with Gasteiger partial charge in [-0.25, -0.2) is 9.97 Å². The highest BCUT2D eigenvalue weighted by molar-refractivity contribution is 5.95. The predicted octanol–water partition coefficient (Wildman–Crippen LogP) is 0.343. The Morgan fingerprint density at radius 3 is 2.92 bits per heavy atom. The fourth-order valence-electron chi connectivity index (χ4n) is 3.31. The fourth-order valence-corrected chi connectivity index (χ4v) is 3.31. The van der Waals surface area contributed by atoms with E-state index < -0.39 is 0 Å². The number of aliphatic hydroxyl groups is 1. The first-order valence-corrected chi connectivity index (χ1v) is 8.62. The Labute approximate surface area is 144 Å². The van der Waals surface area contributed by atoms with E-state index in [9.17, 15) is 9.59 Å². The number of aromatic nitrogens is 4. The fraction of sp³-hybridized carbons (Fsp3) is 0.529. The summed E-state index contributed by atoms with van der Waals surface area (Å²) in [5.74, 6) is 1.18. The van der Waals surface area contributed by atoms with Crippen molar-refractivity contribution in [2.75, 3.05) is 13.2 Å². The molecule has 4 rings (SSSR count). The molecule has 2 aromatic heterocycles. The van der Waals surface area contributed by atoms with Gasteiger partial charge < -0.3 is 10.0 Å². The van der Waals surface area contributed by atoms with Crippen LogP contribution in [0.4, 0.5) is 0 Å². The van der Waals surface area contributed by atoms with Gasteiger partial charge in [0.05, 0.1) is 36.6 Å². The molecule has 0 bridgehead atoms. The lowest BCUT2D eigenvalue weighted by atomic mass is 10.1. The van der Waals surface area contributed by atoms with Gasteiger partial charge in [0.15, 0.2) is 0 Å². The van der Waals surface area contributed by atoms with Gasteiger partial charge >= 0.3 is 0 Å². The highest BCUT2D eigenvalue weighted by Crippen LogP contribution is 2.38. The number of fused-ring (bicyclic) bond motifs is 1. The van der Waals surface area contributed by atoms with Gasteiger partial charge in [-0.2, -0.15) is 0 Å². The number of aliphatic hydroxyl groups excluding tert-OH is 1. The van der Waals surface area contributed by atoms with Gasteiger partial charge in [0, 0.05) is 24.2 Å². The molecule has 8 nitrogen and oxygen atoms in total. The van der Waals surface area contributed by atoms with Crippen molar-refractivity contribution in [3.05, 3.63) is 44.9 Å².